The fourth-order valence-corrected chi connectivity index (χ4v) is 1.43. The summed E-state index contributed by atoms with van der Waals surface area (Å²) in [5, 5.41) is 5.61. The summed E-state index contributed by atoms with van der Waals surface area (Å²) in [6.45, 7) is 4.00. The number of urea groups is 1. The second-order valence-corrected chi connectivity index (χ2v) is 4.24. The molecule has 0 aliphatic heterocycles. The van der Waals surface area contributed by atoms with Gasteiger partial charge in [-0.15, -0.1) is 0 Å². The molecule has 0 saturated heterocycles. The molecule has 2 N–H and O–H groups in total. The highest BCUT2D eigenvalue weighted by Crippen LogP contribution is 2.20. The van der Waals surface area contributed by atoms with Gasteiger partial charge in [0.1, 0.15) is 0 Å². The molecule has 0 aliphatic carbocycles. The second kappa shape index (κ2) is 5.75. The van der Waals surface area contributed by atoms with Gasteiger partial charge in [0.2, 0.25) is 0 Å². The number of rotatable bonds is 3. The van der Waals surface area contributed by atoms with E-state index in [1.54, 1.807) is 0 Å². The number of anilines is 1. The third-order valence-corrected chi connectivity index (χ3v) is 2.80. The molecular formula is C11H15BrN2O. The van der Waals surface area contributed by atoms with Gasteiger partial charge in [0.05, 0.1) is 5.69 Å². The number of hydrogen-bond acceptors (Lipinski definition) is 1. The van der Waals surface area contributed by atoms with Crippen molar-refractivity contribution in [1.29, 1.82) is 0 Å². The molecule has 1 rings (SSSR count). The maximum Gasteiger partial charge on any atom is 0.319 e. The number of carbonyl (C=O) groups excluding carboxylic acids is 1. The largest absolute Gasteiger partial charge is 0.335 e. The summed E-state index contributed by atoms with van der Waals surface area (Å²) < 4.78 is 0.879. The lowest BCUT2D eigenvalue weighted by molar-refractivity contribution is 0.249. The van der Waals surface area contributed by atoms with E-state index in [1.807, 2.05) is 38.1 Å². The van der Waals surface area contributed by atoms with Gasteiger partial charge in [0.25, 0.3) is 0 Å². The van der Waals surface area contributed by atoms with E-state index in [0.717, 1.165) is 16.6 Å². The van der Waals surface area contributed by atoms with Gasteiger partial charge in [-0.3, -0.25) is 0 Å². The molecular weight excluding hydrogens is 256 g/mol. The maximum atomic E-state index is 11.5. The second-order valence-electron chi connectivity index (χ2n) is 3.39. The quantitative estimate of drug-likeness (QED) is 0.869. The average molecular weight is 271 g/mol. The van der Waals surface area contributed by atoms with Crippen LogP contribution in [0.5, 0.6) is 0 Å². The maximum absolute atomic E-state index is 11.5. The summed E-state index contributed by atoms with van der Waals surface area (Å²) in [5.74, 6) is 0. The molecule has 82 valence electrons. The summed E-state index contributed by atoms with van der Waals surface area (Å²) in [6, 6.07) is 7.54. The molecule has 15 heavy (non-hydrogen) atoms. The highest BCUT2D eigenvalue weighted by molar-refractivity contribution is 9.10. The van der Waals surface area contributed by atoms with Crippen LogP contribution in [0, 0.1) is 0 Å². The lowest BCUT2D eigenvalue weighted by Gasteiger charge is -2.13. The van der Waals surface area contributed by atoms with Crippen LogP contribution in [-0.2, 0) is 0 Å². The van der Waals surface area contributed by atoms with Gasteiger partial charge in [-0.1, -0.05) is 19.1 Å². The Labute approximate surface area is 98.4 Å². The van der Waals surface area contributed by atoms with Crippen LogP contribution >= 0.6 is 15.9 Å². The van der Waals surface area contributed by atoms with Crippen molar-refractivity contribution >= 4 is 27.6 Å². The zero-order valence-corrected chi connectivity index (χ0v) is 10.5. The molecule has 0 bridgehead atoms. The van der Waals surface area contributed by atoms with Crippen molar-refractivity contribution in [3.8, 4) is 0 Å². The van der Waals surface area contributed by atoms with Crippen LogP contribution in [0.15, 0.2) is 28.7 Å². The Morgan fingerprint density at radius 3 is 2.73 bits per heavy atom. The van der Waals surface area contributed by atoms with Crippen molar-refractivity contribution < 1.29 is 4.79 Å². The first kappa shape index (κ1) is 12.0. The van der Waals surface area contributed by atoms with E-state index in [-0.39, 0.29) is 12.1 Å². The highest BCUT2D eigenvalue weighted by atomic mass is 79.9. The Balaban J connectivity index is 2.55. The first-order chi connectivity index (χ1) is 7.13. The number of halogens is 1. The molecule has 0 aliphatic rings. The predicted molar refractivity (Wildman–Crippen MR) is 66.0 cm³/mol. The van der Waals surface area contributed by atoms with Crippen LogP contribution in [0.25, 0.3) is 0 Å². The smallest absolute Gasteiger partial charge is 0.319 e. The van der Waals surface area contributed by atoms with Crippen molar-refractivity contribution in [2.75, 3.05) is 5.32 Å². The van der Waals surface area contributed by atoms with Crippen LogP contribution in [0.3, 0.4) is 0 Å². The molecule has 0 fully saturated rings. The summed E-state index contributed by atoms with van der Waals surface area (Å²) >= 11 is 3.37. The van der Waals surface area contributed by atoms with Crippen LogP contribution in [0.2, 0.25) is 0 Å². The Hall–Kier alpha value is -1.03. The van der Waals surface area contributed by atoms with E-state index in [1.165, 1.54) is 0 Å². The number of nitrogens with one attached hydrogen (secondary N) is 2. The van der Waals surface area contributed by atoms with E-state index in [4.69, 9.17) is 0 Å². The fourth-order valence-electron chi connectivity index (χ4n) is 1.05. The van der Waals surface area contributed by atoms with E-state index in [9.17, 15) is 4.79 Å². The molecule has 0 heterocycles. The normalized spacial score (nSPS) is 11.9. The van der Waals surface area contributed by atoms with Gasteiger partial charge in [-0.05, 0) is 41.4 Å². The Kier molecular flexibility index (Phi) is 4.62. The minimum absolute atomic E-state index is 0.170. The Morgan fingerprint density at radius 1 is 1.47 bits per heavy atom. The molecule has 1 aromatic carbocycles. The van der Waals surface area contributed by atoms with E-state index in [2.05, 4.69) is 26.6 Å². The highest BCUT2D eigenvalue weighted by Gasteiger charge is 2.06. The molecule has 0 saturated carbocycles. The first-order valence-corrected chi connectivity index (χ1v) is 5.74. The molecule has 0 unspecified atom stereocenters. The van der Waals surface area contributed by atoms with Crippen LogP contribution < -0.4 is 10.6 Å². The molecule has 1 atom stereocenters. The average Bonchev–Trinajstić information content (AvgIpc) is 2.21. The van der Waals surface area contributed by atoms with Gasteiger partial charge in [0.15, 0.2) is 0 Å². The summed E-state index contributed by atoms with van der Waals surface area (Å²) in [4.78, 5) is 11.5. The van der Waals surface area contributed by atoms with Gasteiger partial charge >= 0.3 is 6.03 Å². The molecule has 2 amide bonds. The van der Waals surface area contributed by atoms with E-state index in [0.29, 0.717) is 0 Å². The lowest BCUT2D eigenvalue weighted by atomic mass is 10.3. The molecule has 3 nitrogen and oxygen atoms in total. The van der Waals surface area contributed by atoms with Crippen LogP contribution in [-0.4, -0.2) is 12.1 Å². The first-order valence-electron chi connectivity index (χ1n) is 4.95. The zero-order valence-electron chi connectivity index (χ0n) is 8.88. The molecule has 1 aromatic rings. The van der Waals surface area contributed by atoms with Crippen molar-refractivity contribution in [2.45, 2.75) is 26.3 Å². The molecule has 4 heteroatoms. The SMILES string of the molecule is CC[C@H](C)NC(=O)Nc1ccccc1Br. The van der Waals surface area contributed by atoms with Crippen molar-refractivity contribution in [1.82, 2.24) is 5.32 Å². The number of para-hydroxylation sites is 1. The zero-order chi connectivity index (χ0) is 11.3. The molecule has 0 spiro atoms. The monoisotopic (exact) mass is 270 g/mol. The summed E-state index contributed by atoms with van der Waals surface area (Å²) in [6.07, 6.45) is 0.920. The lowest BCUT2D eigenvalue weighted by Crippen LogP contribution is -2.35. The Bertz CT molecular complexity index is 341. The van der Waals surface area contributed by atoms with E-state index < -0.39 is 0 Å². The summed E-state index contributed by atoms with van der Waals surface area (Å²) in [5.41, 5.74) is 0.776. The van der Waals surface area contributed by atoms with Crippen molar-refractivity contribution in [2.24, 2.45) is 0 Å². The topological polar surface area (TPSA) is 41.1 Å². The van der Waals surface area contributed by atoms with Gasteiger partial charge < -0.3 is 10.6 Å². The summed E-state index contributed by atoms with van der Waals surface area (Å²) in [7, 11) is 0. The third kappa shape index (κ3) is 3.91. The molecule has 0 radical (unpaired) electrons. The fraction of sp³-hybridized carbons (Fsp3) is 0.364. The third-order valence-electron chi connectivity index (χ3n) is 2.11. The predicted octanol–water partition coefficient (Wildman–Crippen LogP) is 3.37. The number of carbonyl (C=O) groups is 1. The number of amides is 2. The van der Waals surface area contributed by atoms with Gasteiger partial charge in [-0.2, -0.15) is 0 Å². The van der Waals surface area contributed by atoms with Gasteiger partial charge in [-0.25, -0.2) is 4.79 Å². The van der Waals surface area contributed by atoms with Crippen LogP contribution in [0.4, 0.5) is 10.5 Å². The van der Waals surface area contributed by atoms with Crippen molar-refractivity contribution in [3.63, 3.8) is 0 Å². The Morgan fingerprint density at radius 2 is 2.13 bits per heavy atom. The van der Waals surface area contributed by atoms with Crippen LogP contribution in [0.1, 0.15) is 20.3 Å². The van der Waals surface area contributed by atoms with Crippen molar-refractivity contribution in [3.05, 3.63) is 28.7 Å². The number of hydrogen-bond donors (Lipinski definition) is 2. The minimum atomic E-state index is -0.170. The molecule has 0 aromatic heterocycles. The number of benzene rings is 1. The minimum Gasteiger partial charge on any atom is -0.335 e. The van der Waals surface area contributed by atoms with Gasteiger partial charge in [0, 0.05) is 10.5 Å². The van der Waals surface area contributed by atoms with E-state index >= 15 is 0 Å². The standard InChI is InChI=1S/C11H15BrN2O/c1-3-8(2)13-11(15)14-10-7-5-4-6-9(10)12/h4-8H,3H2,1-2H3,(H2,13,14,15)/t8-/m0/s1.